The van der Waals surface area contributed by atoms with Gasteiger partial charge in [-0.3, -0.25) is 4.57 Å². The average Bonchev–Trinajstić information content (AvgIpc) is 3.05. The summed E-state index contributed by atoms with van der Waals surface area (Å²) < 4.78 is 7.23. The minimum Gasteiger partial charge on any atom is -0.497 e. The van der Waals surface area contributed by atoms with E-state index in [1.54, 1.807) is 13.3 Å². The van der Waals surface area contributed by atoms with Crippen molar-refractivity contribution in [3.05, 3.63) is 59.3 Å². The Morgan fingerprint density at radius 3 is 2.56 bits per heavy atom. The van der Waals surface area contributed by atoms with E-state index in [0.29, 0.717) is 6.54 Å². The number of fused-ring (bicyclic) bond motifs is 3. The Morgan fingerprint density at radius 2 is 1.89 bits per heavy atom. The van der Waals surface area contributed by atoms with E-state index in [0.717, 1.165) is 29.5 Å². The summed E-state index contributed by atoms with van der Waals surface area (Å²) in [6, 6.07) is 12.3. The van der Waals surface area contributed by atoms with Crippen LogP contribution < -0.4 is 14.5 Å². The topological polar surface area (TPSA) is 53.8 Å². The van der Waals surface area contributed by atoms with Crippen LogP contribution in [0.3, 0.4) is 0 Å². The van der Waals surface area contributed by atoms with Crippen molar-refractivity contribution in [1.29, 1.82) is 0 Å². The molecule has 2 heterocycles. The molecule has 140 valence electrons. The van der Waals surface area contributed by atoms with Crippen LogP contribution in [0, 0.1) is 6.92 Å². The standard InChI is InChI=1S/C21H24N4O2/c1-14-17-12-24(11-15-5-7-16(27-4)8-6-15)21-22-20(26)13-25(21)19(17)10-9-18(14)23(2)3/h5-10,13,26H,11-12H2,1-4H3. The van der Waals surface area contributed by atoms with Crippen LogP contribution in [0.1, 0.15) is 16.7 Å². The van der Waals surface area contributed by atoms with Gasteiger partial charge >= 0.3 is 0 Å². The second-order valence-corrected chi connectivity index (χ2v) is 7.08. The van der Waals surface area contributed by atoms with E-state index < -0.39 is 0 Å². The van der Waals surface area contributed by atoms with Gasteiger partial charge in [-0.15, -0.1) is 0 Å². The third-order valence-electron chi connectivity index (χ3n) is 5.13. The van der Waals surface area contributed by atoms with Crippen LogP contribution in [-0.4, -0.2) is 35.9 Å². The first kappa shape index (κ1) is 17.3. The number of anilines is 2. The highest BCUT2D eigenvalue weighted by Gasteiger charge is 2.27. The summed E-state index contributed by atoms with van der Waals surface area (Å²) in [6.07, 6.45) is 1.68. The second-order valence-electron chi connectivity index (χ2n) is 7.08. The van der Waals surface area contributed by atoms with Crippen molar-refractivity contribution in [2.24, 2.45) is 0 Å². The van der Waals surface area contributed by atoms with E-state index in [-0.39, 0.29) is 5.88 Å². The molecule has 0 atom stereocenters. The highest BCUT2D eigenvalue weighted by molar-refractivity contribution is 5.66. The Morgan fingerprint density at radius 1 is 1.15 bits per heavy atom. The molecule has 3 aromatic rings. The van der Waals surface area contributed by atoms with E-state index in [1.807, 2.05) is 16.7 Å². The van der Waals surface area contributed by atoms with Crippen LogP contribution in [0.5, 0.6) is 11.6 Å². The molecule has 0 radical (unpaired) electrons. The van der Waals surface area contributed by atoms with Crippen molar-refractivity contribution in [2.75, 3.05) is 31.0 Å². The first-order valence-corrected chi connectivity index (χ1v) is 8.94. The van der Waals surface area contributed by atoms with Gasteiger partial charge in [0, 0.05) is 38.4 Å². The van der Waals surface area contributed by atoms with Crippen molar-refractivity contribution in [1.82, 2.24) is 9.55 Å². The van der Waals surface area contributed by atoms with Gasteiger partial charge in [0.2, 0.25) is 11.8 Å². The molecule has 1 aliphatic rings. The highest BCUT2D eigenvalue weighted by Crippen LogP contribution is 2.37. The van der Waals surface area contributed by atoms with Crippen LogP contribution in [0.2, 0.25) is 0 Å². The Bertz CT molecular complexity index is 977. The van der Waals surface area contributed by atoms with Crippen LogP contribution in [0.15, 0.2) is 42.6 Å². The van der Waals surface area contributed by atoms with Crippen molar-refractivity contribution in [3.63, 3.8) is 0 Å². The zero-order chi connectivity index (χ0) is 19.1. The fraction of sp³-hybridized carbons (Fsp3) is 0.286. The van der Waals surface area contributed by atoms with Gasteiger partial charge in [0.1, 0.15) is 5.75 Å². The maximum atomic E-state index is 10.0. The fourth-order valence-electron chi connectivity index (χ4n) is 3.74. The molecule has 6 heteroatoms. The average molecular weight is 364 g/mol. The molecule has 0 amide bonds. The summed E-state index contributed by atoms with van der Waals surface area (Å²) in [5.74, 6) is 1.63. The summed E-state index contributed by atoms with van der Waals surface area (Å²) in [6.45, 7) is 3.60. The second kappa shape index (κ2) is 6.54. The van der Waals surface area contributed by atoms with Gasteiger partial charge in [0.05, 0.1) is 19.0 Å². The SMILES string of the molecule is COc1ccc(CN2Cc3c(ccc(N(C)C)c3C)-n3cc(O)nc32)cc1. The number of rotatable bonds is 4. The number of ether oxygens (including phenoxy) is 1. The highest BCUT2D eigenvalue weighted by atomic mass is 16.5. The summed E-state index contributed by atoms with van der Waals surface area (Å²) in [5, 5.41) is 10.0. The Hall–Kier alpha value is -3.15. The van der Waals surface area contributed by atoms with Crippen molar-refractivity contribution in [3.8, 4) is 17.3 Å². The molecule has 0 spiro atoms. The third-order valence-corrected chi connectivity index (χ3v) is 5.13. The van der Waals surface area contributed by atoms with Crippen molar-refractivity contribution < 1.29 is 9.84 Å². The molecule has 1 aliphatic heterocycles. The molecular formula is C21H24N4O2. The minimum absolute atomic E-state index is 0.0342. The van der Waals surface area contributed by atoms with E-state index in [1.165, 1.54) is 16.8 Å². The molecule has 0 saturated heterocycles. The lowest BCUT2D eigenvalue weighted by Gasteiger charge is -2.33. The number of benzene rings is 2. The fourth-order valence-corrected chi connectivity index (χ4v) is 3.74. The minimum atomic E-state index is 0.0342. The van der Waals surface area contributed by atoms with E-state index in [4.69, 9.17) is 4.74 Å². The number of hydrogen-bond donors (Lipinski definition) is 1. The number of hydrogen-bond acceptors (Lipinski definition) is 5. The zero-order valence-electron chi connectivity index (χ0n) is 16.1. The summed E-state index contributed by atoms with van der Waals surface area (Å²) in [5.41, 5.74) is 5.93. The van der Waals surface area contributed by atoms with Crippen LogP contribution in [-0.2, 0) is 13.1 Å². The van der Waals surface area contributed by atoms with Gasteiger partial charge in [-0.2, -0.15) is 4.98 Å². The number of methoxy groups -OCH3 is 1. The zero-order valence-corrected chi connectivity index (χ0v) is 16.1. The van der Waals surface area contributed by atoms with Crippen molar-refractivity contribution >= 4 is 11.6 Å². The molecule has 6 nitrogen and oxygen atoms in total. The monoisotopic (exact) mass is 364 g/mol. The Labute approximate surface area is 159 Å². The molecule has 27 heavy (non-hydrogen) atoms. The summed E-state index contributed by atoms with van der Waals surface area (Å²) >= 11 is 0. The smallest absolute Gasteiger partial charge is 0.231 e. The third kappa shape index (κ3) is 2.97. The predicted octanol–water partition coefficient (Wildman–Crippen LogP) is 3.48. The number of nitrogens with zero attached hydrogens (tertiary/aromatic N) is 4. The first-order valence-electron chi connectivity index (χ1n) is 8.94. The molecule has 1 aromatic heterocycles. The van der Waals surface area contributed by atoms with E-state index in [9.17, 15) is 5.11 Å². The van der Waals surface area contributed by atoms with Gasteiger partial charge in [-0.25, -0.2) is 0 Å². The van der Waals surface area contributed by atoms with Crippen LogP contribution in [0.25, 0.3) is 5.69 Å². The lowest BCUT2D eigenvalue weighted by Crippen LogP contribution is -2.30. The van der Waals surface area contributed by atoms with Gasteiger partial charge in [-0.05, 0) is 42.3 Å². The van der Waals surface area contributed by atoms with Gasteiger partial charge in [-0.1, -0.05) is 12.1 Å². The molecule has 2 aromatic carbocycles. The van der Waals surface area contributed by atoms with Gasteiger partial charge in [0.15, 0.2) is 0 Å². The maximum Gasteiger partial charge on any atom is 0.231 e. The van der Waals surface area contributed by atoms with Gasteiger partial charge < -0.3 is 19.6 Å². The number of aromatic hydroxyl groups is 1. The molecule has 0 bridgehead atoms. The quantitative estimate of drug-likeness (QED) is 0.768. The molecule has 0 saturated carbocycles. The van der Waals surface area contributed by atoms with Gasteiger partial charge in [0.25, 0.3) is 0 Å². The Balaban J connectivity index is 1.76. The molecule has 1 N–H and O–H groups in total. The molecule has 0 unspecified atom stereocenters. The number of aromatic nitrogens is 2. The largest absolute Gasteiger partial charge is 0.497 e. The normalized spacial score (nSPS) is 12.5. The lowest BCUT2D eigenvalue weighted by atomic mass is 10.0. The van der Waals surface area contributed by atoms with Crippen molar-refractivity contribution in [2.45, 2.75) is 20.0 Å². The van der Waals surface area contributed by atoms with Crippen LogP contribution >= 0.6 is 0 Å². The molecule has 4 rings (SSSR count). The Kier molecular flexibility index (Phi) is 4.18. The van der Waals surface area contributed by atoms with E-state index >= 15 is 0 Å². The summed E-state index contributed by atoms with van der Waals surface area (Å²) in [7, 11) is 5.78. The van der Waals surface area contributed by atoms with E-state index in [2.05, 4.69) is 60.1 Å². The number of imidazole rings is 1. The van der Waals surface area contributed by atoms with Crippen LogP contribution in [0.4, 0.5) is 11.6 Å². The molecule has 0 aliphatic carbocycles. The molecule has 0 fully saturated rings. The first-order chi connectivity index (χ1) is 13.0. The lowest BCUT2D eigenvalue weighted by molar-refractivity contribution is 0.414. The predicted molar refractivity (Wildman–Crippen MR) is 107 cm³/mol. The summed E-state index contributed by atoms with van der Waals surface area (Å²) in [4.78, 5) is 8.68. The maximum absolute atomic E-state index is 10.0. The molecular weight excluding hydrogens is 340 g/mol.